The van der Waals surface area contributed by atoms with Crippen LogP contribution >= 0.6 is 11.6 Å². The van der Waals surface area contributed by atoms with E-state index in [-0.39, 0.29) is 5.91 Å². The van der Waals surface area contributed by atoms with Crippen molar-refractivity contribution in [2.75, 3.05) is 6.54 Å². The van der Waals surface area contributed by atoms with Crippen LogP contribution in [0, 0.1) is 13.8 Å². The van der Waals surface area contributed by atoms with Gasteiger partial charge in [-0.3, -0.25) is 4.79 Å². The van der Waals surface area contributed by atoms with E-state index < -0.39 is 0 Å². The Morgan fingerprint density at radius 1 is 1.10 bits per heavy atom. The zero-order valence-corrected chi connectivity index (χ0v) is 12.5. The molecule has 20 heavy (non-hydrogen) atoms. The van der Waals surface area contributed by atoms with Gasteiger partial charge in [-0.15, -0.1) is 0 Å². The number of benzene rings is 2. The van der Waals surface area contributed by atoms with Gasteiger partial charge in [-0.2, -0.15) is 0 Å². The average Bonchev–Trinajstić information content (AvgIpc) is 2.42. The third-order valence-corrected chi connectivity index (χ3v) is 3.59. The summed E-state index contributed by atoms with van der Waals surface area (Å²) in [5.41, 5.74) is 4.16. The van der Waals surface area contributed by atoms with Crippen LogP contribution in [0.3, 0.4) is 0 Å². The molecule has 2 aromatic carbocycles. The minimum Gasteiger partial charge on any atom is -0.352 e. The molecule has 0 atom stereocenters. The Morgan fingerprint density at radius 3 is 2.60 bits per heavy atom. The summed E-state index contributed by atoms with van der Waals surface area (Å²) in [6.45, 7) is 4.65. The summed E-state index contributed by atoms with van der Waals surface area (Å²) in [6, 6.07) is 13.4. The topological polar surface area (TPSA) is 29.1 Å². The van der Waals surface area contributed by atoms with Gasteiger partial charge < -0.3 is 5.32 Å². The molecule has 0 heterocycles. The predicted octanol–water partition coefficient (Wildman–Crippen LogP) is 3.93. The zero-order chi connectivity index (χ0) is 14.5. The molecule has 2 rings (SSSR count). The van der Waals surface area contributed by atoms with E-state index in [9.17, 15) is 4.79 Å². The zero-order valence-electron chi connectivity index (χ0n) is 11.7. The Morgan fingerprint density at radius 2 is 1.90 bits per heavy atom. The van der Waals surface area contributed by atoms with Gasteiger partial charge in [0.15, 0.2) is 0 Å². The van der Waals surface area contributed by atoms with Crippen molar-refractivity contribution in [3.05, 3.63) is 69.7 Å². The van der Waals surface area contributed by atoms with Gasteiger partial charge in [0.1, 0.15) is 0 Å². The first-order valence-electron chi connectivity index (χ1n) is 6.66. The van der Waals surface area contributed by atoms with Crippen molar-refractivity contribution in [1.82, 2.24) is 5.32 Å². The predicted molar refractivity (Wildman–Crippen MR) is 83.4 cm³/mol. The molecule has 0 unspecified atom stereocenters. The molecule has 3 heteroatoms. The lowest BCUT2D eigenvalue weighted by molar-refractivity contribution is 0.0954. The van der Waals surface area contributed by atoms with Crippen LogP contribution in [0.25, 0.3) is 0 Å². The fraction of sp³-hybridized carbons (Fsp3) is 0.235. The molecule has 0 aliphatic carbocycles. The van der Waals surface area contributed by atoms with Crippen molar-refractivity contribution in [2.45, 2.75) is 20.3 Å². The van der Waals surface area contributed by atoms with Gasteiger partial charge in [-0.25, -0.2) is 0 Å². The van der Waals surface area contributed by atoms with Gasteiger partial charge in [0.05, 0.1) is 0 Å². The number of amides is 1. The summed E-state index contributed by atoms with van der Waals surface area (Å²) in [7, 11) is 0. The van der Waals surface area contributed by atoms with E-state index in [1.165, 1.54) is 5.56 Å². The second kappa shape index (κ2) is 6.58. The van der Waals surface area contributed by atoms with Crippen molar-refractivity contribution < 1.29 is 4.79 Å². The lowest BCUT2D eigenvalue weighted by Gasteiger charge is -2.07. The van der Waals surface area contributed by atoms with Gasteiger partial charge >= 0.3 is 0 Å². The minimum atomic E-state index is -0.0323. The maximum Gasteiger partial charge on any atom is 0.251 e. The van der Waals surface area contributed by atoms with Crippen LogP contribution in [0.1, 0.15) is 27.0 Å². The molecule has 1 N–H and O–H groups in total. The highest BCUT2D eigenvalue weighted by Crippen LogP contribution is 2.11. The summed E-state index contributed by atoms with van der Waals surface area (Å²) >= 11 is 5.93. The number of hydrogen-bond acceptors (Lipinski definition) is 1. The Kier molecular flexibility index (Phi) is 4.80. The van der Waals surface area contributed by atoms with Crippen LogP contribution in [-0.2, 0) is 6.42 Å². The van der Waals surface area contributed by atoms with Crippen LogP contribution in [0.2, 0.25) is 5.02 Å². The van der Waals surface area contributed by atoms with Crippen molar-refractivity contribution in [1.29, 1.82) is 0 Å². The Hall–Kier alpha value is -1.80. The molecule has 0 aliphatic heterocycles. The van der Waals surface area contributed by atoms with Crippen molar-refractivity contribution in [3.63, 3.8) is 0 Å². The molecular weight excluding hydrogens is 270 g/mol. The van der Waals surface area contributed by atoms with E-state index in [2.05, 4.69) is 5.32 Å². The highest BCUT2D eigenvalue weighted by Gasteiger charge is 2.06. The van der Waals surface area contributed by atoms with Gasteiger partial charge in [-0.05, 0) is 61.2 Å². The Bertz CT molecular complexity index is 622. The number of hydrogen-bond donors (Lipinski definition) is 1. The van der Waals surface area contributed by atoms with Gasteiger partial charge in [0.2, 0.25) is 0 Å². The molecule has 0 aromatic heterocycles. The van der Waals surface area contributed by atoms with Crippen LogP contribution in [0.5, 0.6) is 0 Å². The number of nitrogens with one attached hydrogen (secondary N) is 1. The molecule has 2 nitrogen and oxygen atoms in total. The molecule has 0 bridgehead atoms. The normalized spacial score (nSPS) is 10.3. The van der Waals surface area contributed by atoms with Crippen LogP contribution in [0.4, 0.5) is 0 Å². The summed E-state index contributed by atoms with van der Waals surface area (Å²) in [5, 5.41) is 3.66. The molecule has 0 saturated heterocycles. The summed E-state index contributed by atoms with van der Waals surface area (Å²) in [6.07, 6.45) is 0.775. The van der Waals surface area contributed by atoms with Gasteiger partial charge in [0, 0.05) is 17.1 Å². The molecule has 1 amide bonds. The number of aryl methyl sites for hydroxylation is 2. The van der Waals surface area contributed by atoms with E-state index in [1.54, 1.807) is 0 Å². The van der Waals surface area contributed by atoms with Crippen molar-refractivity contribution in [3.8, 4) is 0 Å². The molecular formula is C17H18ClNO. The fourth-order valence-electron chi connectivity index (χ4n) is 2.00. The van der Waals surface area contributed by atoms with E-state index in [0.29, 0.717) is 12.1 Å². The molecule has 0 aliphatic rings. The molecule has 0 radical (unpaired) electrons. The summed E-state index contributed by atoms with van der Waals surface area (Å²) in [5.74, 6) is -0.0323. The number of carbonyl (C=O) groups is 1. The molecule has 104 valence electrons. The van der Waals surface area contributed by atoms with E-state index in [0.717, 1.165) is 22.6 Å². The molecule has 0 saturated carbocycles. The van der Waals surface area contributed by atoms with E-state index in [1.807, 2.05) is 56.3 Å². The number of halogens is 1. The third-order valence-electron chi connectivity index (χ3n) is 3.36. The van der Waals surface area contributed by atoms with Crippen molar-refractivity contribution >= 4 is 17.5 Å². The molecule has 2 aromatic rings. The molecule has 0 spiro atoms. The molecule has 0 fully saturated rings. The van der Waals surface area contributed by atoms with Gasteiger partial charge in [0.25, 0.3) is 5.91 Å². The SMILES string of the molecule is Cc1ccc(C(=O)NCCc2cccc(Cl)c2)cc1C. The minimum absolute atomic E-state index is 0.0323. The first kappa shape index (κ1) is 14.6. The average molecular weight is 288 g/mol. The first-order valence-corrected chi connectivity index (χ1v) is 7.04. The lowest BCUT2D eigenvalue weighted by Crippen LogP contribution is -2.25. The number of carbonyl (C=O) groups excluding carboxylic acids is 1. The highest BCUT2D eigenvalue weighted by molar-refractivity contribution is 6.30. The summed E-state index contributed by atoms with van der Waals surface area (Å²) < 4.78 is 0. The summed E-state index contributed by atoms with van der Waals surface area (Å²) in [4.78, 5) is 12.0. The highest BCUT2D eigenvalue weighted by atomic mass is 35.5. The van der Waals surface area contributed by atoms with Crippen molar-refractivity contribution in [2.24, 2.45) is 0 Å². The smallest absolute Gasteiger partial charge is 0.251 e. The maximum atomic E-state index is 12.0. The van der Waals surface area contributed by atoms with Crippen LogP contribution < -0.4 is 5.32 Å². The quantitative estimate of drug-likeness (QED) is 0.907. The Balaban J connectivity index is 1.90. The van der Waals surface area contributed by atoms with Gasteiger partial charge in [-0.1, -0.05) is 29.8 Å². The Labute approximate surface area is 124 Å². The lowest BCUT2D eigenvalue weighted by atomic mass is 10.1. The fourth-order valence-corrected chi connectivity index (χ4v) is 2.21. The second-order valence-corrected chi connectivity index (χ2v) is 5.37. The van der Waals surface area contributed by atoms with E-state index >= 15 is 0 Å². The number of rotatable bonds is 4. The van der Waals surface area contributed by atoms with E-state index in [4.69, 9.17) is 11.6 Å². The monoisotopic (exact) mass is 287 g/mol. The largest absolute Gasteiger partial charge is 0.352 e. The van der Waals surface area contributed by atoms with Crippen LogP contribution in [0.15, 0.2) is 42.5 Å². The second-order valence-electron chi connectivity index (χ2n) is 4.93. The maximum absolute atomic E-state index is 12.0. The standard InChI is InChI=1S/C17H18ClNO/c1-12-6-7-15(10-13(12)2)17(20)19-9-8-14-4-3-5-16(18)11-14/h3-7,10-11H,8-9H2,1-2H3,(H,19,20). The first-order chi connectivity index (χ1) is 9.56. The van der Waals surface area contributed by atoms with Crippen LogP contribution in [-0.4, -0.2) is 12.5 Å². The third kappa shape index (κ3) is 3.84.